The molecule has 0 atom stereocenters. The van der Waals surface area contributed by atoms with Gasteiger partial charge in [0, 0.05) is 6.54 Å². The predicted molar refractivity (Wildman–Crippen MR) is 68.5 cm³/mol. The maximum absolute atomic E-state index is 2.75. The largest absolute Gasteiger partial charge is 0.303 e. The highest BCUT2D eigenvalue weighted by molar-refractivity contribution is 5.01. The third-order valence-corrected chi connectivity index (χ3v) is 5.51. The molecule has 1 aliphatic heterocycles. The van der Waals surface area contributed by atoms with Crippen molar-refractivity contribution in [2.24, 2.45) is 17.3 Å². The van der Waals surface area contributed by atoms with Crippen LogP contribution in [-0.4, -0.2) is 24.5 Å². The van der Waals surface area contributed by atoms with Gasteiger partial charge in [-0.15, -0.1) is 0 Å². The van der Waals surface area contributed by atoms with E-state index in [2.05, 4.69) is 11.8 Å². The zero-order chi connectivity index (χ0) is 11.0. The molecule has 1 saturated heterocycles. The first kappa shape index (κ1) is 11.1. The summed E-state index contributed by atoms with van der Waals surface area (Å²) in [4.78, 5) is 2.75. The monoisotopic (exact) mass is 221 g/mol. The summed E-state index contributed by atoms with van der Waals surface area (Å²) in [5, 5.41) is 0. The molecule has 1 nitrogen and oxygen atoms in total. The van der Waals surface area contributed by atoms with Crippen LogP contribution in [0.3, 0.4) is 0 Å². The number of nitrogens with zero attached hydrogens (tertiary/aromatic N) is 1. The second kappa shape index (κ2) is 4.33. The Morgan fingerprint density at radius 3 is 2.19 bits per heavy atom. The van der Waals surface area contributed by atoms with Crippen LogP contribution in [0, 0.1) is 17.3 Å². The van der Waals surface area contributed by atoms with Gasteiger partial charge in [-0.1, -0.05) is 19.8 Å². The highest BCUT2D eigenvalue weighted by Crippen LogP contribution is 2.57. The molecule has 0 bridgehead atoms. The Labute approximate surface area is 101 Å². The third-order valence-electron chi connectivity index (χ3n) is 5.51. The normalized spacial score (nSPS) is 38.8. The molecule has 0 spiro atoms. The molecule has 2 aliphatic carbocycles. The summed E-state index contributed by atoms with van der Waals surface area (Å²) in [5.74, 6) is 2.10. The van der Waals surface area contributed by atoms with Crippen molar-refractivity contribution in [2.75, 3.05) is 19.6 Å². The Balaban J connectivity index is 1.56. The second-order valence-electron chi connectivity index (χ2n) is 6.80. The van der Waals surface area contributed by atoms with Crippen molar-refractivity contribution in [2.45, 2.75) is 58.3 Å². The Hall–Kier alpha value is -0.0400. The number of likely N-dealkylation sites (tertiary alicyclic amines) is 1. The lowest BCUT2D eigenvalue weighted by molar-refractivity contribution is 0.146. The van der Waals surface area contributed by atoms with Gasteiger partial charge in [-0.2, -0.15) is 0 Å². The fraction of sp³-hybridized carbons (Fsp3) is 1.00. The van der Waals surface area contributed by atoms with Gasteiger partial charge in [0.1, 0.15) is 0 Å². The van der Waals surface area contributed by atoms with Gasteiger partial charge in [0.15, 0.2) is 0 Å². The van der Waals surface area contributed by atoms with Gasteiger partial charge >= 0.3 is 0 Å². The standard InChI is InChI=1S/C15H27N/c1-13-4-6-14(7-5-13)15(8-9-15)12-16-10-2-3-11-16/h13-14H,2-12H2,1H3. The topological polar surface area (TPSA) is 3.24 Å². The number of rotatable bonds is 3. The minimum atomic E-state index is 0.796. The van der Waals surface area contributed by atoms with Crippen LogP contribution in [0.4, 0.5) is 0 Å². The quantitative estimate of drug-likeness (QED) is 0.702. The summed E-state index contributed by atoms with van der Waals surface area (Å²) in [6.07, 6.45) is 12.1. The summed E-state index contributed by atoms with van der Waals surface area (Å²) < 4.78 is 0. The number of hydrogen-bond donors (Lipinski definition) is 0. The van der Waals surface area contributed by atoms with Crippen molar-refractivity contribution in [1.82, 2.24) is 4.90 Å². The molecule has 0 amide bonds. The van der Waals surface area contributed by atoms with Gasteiger partial charge in [0.05, 0.1) is 0 Å². The first-order chi connectivity index (χ1) is 7.78. The first-order valence-electron chi connectivity index (χ1n) is 7.51. The minimum Gasteiger partial charge on any atom is -0.303 e. The fourth-order valence-electron chi connectivity index (χ4n) is 4.11. The molecule has 0 unspecified atom stereocenters. The van der Waals surface area contributed by atoms with Gasteiger partial charge in [-0.05, 0) is 68.9 Å². The predicted octanol–water partition coefficient (Wildman–Crippen LogP) is 3.69. The van der Waals surface area contributed by atoms with E-state index in [4.69, 9.17) is 0 Å². The zero-order valence-electron chi connectivity index (χ0n) is 10.9. The summed E-state index contributed by atoms with van der Waals surface area (Å²) in [6, 6.07) is 0. The van der Waals surface area contributed by atoms with Crippen molar-refractivity contribution in [3.8, 4) is 0 Å². The lowest BCUT2D eigenvalue weighted by Crippen LogP contribution is -2.34. The molecule has 1 heteroatoms. The van der Waals surface area contributed by atoms with E-state index in [-0.39, 0.29) is 0 Å². The lowest BCUT2D eigenvalue weighted by atomic mass is 9.74. The van der Waals surface area contributed by atoms with E-state index < -0.39 is 0 Å². The zero-order valence-corrected chi connectivity index (χ0v) is 10.9. The Morgan fingerprint density at radius 1 is 1.00 bits per heavy atom. The molecule has 3 rings (SSSR count). The van der Waals surface area contributed by atoms with Crippen molar-refractivity contribution in [1.29, 1.82) is 0 Å². The Morgan fingerprint density at radius 2 is 1.62 bits per heavy atom. The van der Waals surface area contributed by atoms with Crippen LogP contribution >= 0.6 is 0 Å². The molecular weight excluding hydrogens is 194 g/mol. The van der Waals surface area contributed by atoms with E-state index in [1.54, 1.807) is 12.8 Å². The summed E-state index contributed by atoms with van der Waals surface area (Å²) in [6.45, 7) is 6.68. The van der Waals surface area contributed by atoms with Crippen LogP contribution in [-0.2, 0) is 0 Å². The van der Waals surface area contributed by atoms with E-state index in [0.29, 0.717) is 0 Å². The highest BCUT2D eigenvalue weighted by Gasteiger charge is 2.50. The van der Waals surface area contributed by atoms with Crippen LogP contribution in [0.2, 0.25) is 0 Å². The average Bonchev–Trinajstić information content (AvgIpc) is 2.88. The molecule has 3 fully saturated rings. The Bertz CT molecular complexity index is 230. The van der Waals surface area contributed by atoms with Gasteiger partial charge in [0.25, 0.3) is 0 Å². The van der Waals surface area contributed by atoms with E-state index in [0.717, 1.165) is 17.3 Å². The molecule has 0 aromatic carbocycles. The molecule has 0 radical (unpaired) electrons. The van der Waals surface area contributed by atoms with Crippen LogP contribution in [0.25, 0.3) is 0 Å². The van der Waals surface area contributed by atoms with Gasteiger partial charge in [-0.3, -0.25) is 0 Å². The Kier molecular flexibility index (Phi) is 2.99. The van der Waals surface area contributed by atoms with Gasteiger partial charge in [-0.25, -0.2) is 0 Å². The first-order valence-corrected chi connectivity index (χ1v) is 7.51. The SMILES string of the molecule is CC1CCC(C2(CN3CCCC3)CC2)CC1. The van der Waals surface area contributed by atoms with E-state index in [9.17, 15) is 0 Å². The molecule has 16 heavy (non-hydrogen) atoms. The third kappa shape index (κ3) is 2.16. The summed E-state index contributed by atoms with van der Waals surface area (Å²) in [5.41, 5.74) is 0.796. The maximum atomic E-state index is 2.75. The van der Waals surface area contributed by atoms with E-state index in [1.165, 1.54) is 58.2 Å². The second-order valence-corrected chi connectivity index (χ2v) is 6.80. The van der Waals surface area contributed by atoms with Crippen LogP contribution < -0.4 is 0 Å². The fourth-order valence-corrected chi connectivity index (χ4v) is 4.11. The minimum absolute atomic E-state index is 0.796. The van der Waals surface area contributed by atoms with Crippen LogP contribution in [0.1, 0.15) is 58.3 Å². The number of hydrogen-bond acceptors (Lipinski definition) is 1. The van der Waals surface area contributed by atoms with E-state index in [1.807, 2.05) is 0 Å². The molecule has 92 valence electrons. The highest BCUT2D eigenvalue weighted by atomic mass is 15.1. The molecule has 1 heterocycles. The van der Waals surface area contributed by atoms with Crippen molar-refractivity contribution in [3.05, 3.63) is 0 Å². The van der Waals surface area contributed by atoms with Crippen molar-refractivity contribution in [3.63, 3.8) is 0 Å². The summed E-state index contributed by atoms with van der Waals surface area (Å²) in [7, 11) is 0. The van der Waals surface area contributed by atoms with Crippen molar-refractivity contribution >= 4 is 0 Å². The van der Waals surface area contributed by atoms with Crippen LogP contribution in [0.5, 0.6) is 0 Å². The van der Waals surface area contributed by atoms with E-state index >= 15 is 0 Å². The molecule has 3 aliphatic rings. The molecule has 0 N–H and O–H groups in total. The summed E-state index contributed by atoms with van der Waals surface area (Å²) >= 11 is 0. The lowest BCUT2D eigenvalue weighted by Gasteiger charge is -2.35. The average molecular weight is 221 g/mol. The smallest absolute Gasteiger partial charge is 0.00406 e. The van der Waals surface area contributed by atoms with Crippen molar-refractivity contribution < 1.29 is 0 Å². The molecule has 0 aromatic rings. The van der Waals surface area contributed by atoms with Gasteiger partial charge < -0.3 is 4.90 Å². The molecular formula is C15H27N. The maximum Gasteiger partial charge on any atom is 0.00406 e. The van der Waals surface area contributed by atoms with Crippen LogP contribution in [0.15, 0.2) is 0 Å². The molecule has 2 saturated carbocycles. The van der Waals surface area contributed by atoms with Gasteiger partial charge in [0.2, 0.25) is 0 Å². The molecule has 0 aromatic heterocycles.